The molecule has 1 nitrogen and oxygen atoms in total. The van der Waals surface area contributed by atoms with Crippen LogP contribution >= 0.6 is 0 Å². The number of fused-ring (bicyclic) bond motifs is 1. The molecule has 0 saturated heterocycles. The van der Waals surface area contributed by atoms with Crippen molar-refractivity contribution in [2.75, 3.05) is 7.11 Å². The second-order valence-corrected chi connectivity index (χ2v) is 4.92. The predicted octanol–water partition coefficient (Wildman–Crippen LogP) is 4.27. The standard InChI is InChI=1S/C18H18O/c1-19-18-12-6-10-16-15(9-5-11-17(16)18)13-14-7-3-2-4-8-14/h2-4,6-10,12H,5,11,13H2,1H3. The first-order valence-corrected chi connectivity index (χ1v) is 6.77. The summed E-state index contributed by atoms with van der Waals surface area (Å²) in [7, 11) is 1.75. The monoisotopic (exact) mass is 250 g/mol. The van der Waals surface area contributed by atoms with Crippen LogP contribution in [0.2, 0.25) is 0 Å². The molecule has 2 aromatic rings. The van der Waals surface area contributed by atoms with Gasteiger partial charge in [0.2, 0.25) is 0 Å². The highest BCUT2D eigenvalue weighted by molar-refractivity contribution is 5.73. The molecule has 2 aromatic carbocycles. The van der Waals surface area contributed by atoms with Gasteiger partial charge >= 0.3 is 0 Å². The van der Waals surface area contributed by atoms with Gasteiger partial charge in [0, 0.05) is 5.56 Å². The van der Waals surface area contributed by atoms with Crippen molar-refractivity contribution in [3.8, 4) is 5.75 Å². The van der Waals surface area contributed by atoms with Crippen molar-refractivity contribution in [1.82, 2.24) is 0 Å². The molecule has 1 heteroatoms. The molecule has 0 amide bonds. The Labute approximate surface area is 114 Å². The Balaban J connectivity index is 1.95. The Morgan fingerprint density at radius 3 is 2.63 bits per heavy atom. The maximum absolute atomic E-state index is 5.48. The lowest BCUT2D eigenvalue weighted by Crippen LogP contribution is -2.04. The highest BCUT2D eigenvalue weighted by Crippen LogP contribution is 2.34. The van der Waals surface area contributed by atoms with Crippen molar-refractivity contribution in [2.24, 2.45) is 0 Å². The van der Waals surface area contributed by atoms with Gasteiger partial charge in [-0.1, -0.05) is 48.5 Å². The summed E-state index contributed by atoms with van der Waals surface area (Å²) in [5, 5.41) is 0. The molecule has 0 saturated carbocycles. The molecule has 0 radical (unpaired) electrons. The number of ether oxygens (including phenoxy) is 1. The number of benzene rings is 2. The summed E-state index contributed by atoms with van der Waals surface area (Å²) in [6.45, 7) is 0. The van der Waals surface area contributed by atoms with Crippen LogP contribution < -0.4 is 4.74 Å². The fourth-order valence-corrected chi connectivity index (χ4v) is 2.80. The van der Waals surface area contributed by atoms with Gasteiger partial charge in [0.15, 0.2) is 0 Å². The number of methoxy groups -OCH3 is 1. The lowest BCUT2D eigenvalue weighted by Gasteiger charge is -2.20. The molecule has 0 aliphatic heterocycles. The molecule has 0 unspecified atom stereocenters. The molecule has 3 rings (SSSR count). The van der Waals surface area contributed by atoms with E-state index in [0.717, 1.165) is 25.0 Å². The van der Waals surface area contributed by atoms with E-state index in [-0.39, 0.29) is 0 Å². The Hall–Kier alpha value is -2.02. The minimum Gasteiger partial charge on any atom is -0.496 e. The van der Waals surface area contributed by atoms with E-state index in [1.54, 1.807) is 7.11 Å². The smallest absolute Gasteiger partial charge is 0.122 e. The van der Waals surface area contributed by atoms with Crippen molar-refractivity contribution >= 4 is 5.57 Å². The zero-order valence-corrected chi connectivity index (χ0v) is 11.2. The molecule has 96 valence electrons. The predicted molar refractivity (Wildman–Crippen MR) is 79.4 cm³/mol. The van der Waals surface area contributed by atoms with Gasteiger partial charge in [0.25, 0.3) is 0 Å². The van der Waals surface area contributed by atoms with Gasteiger partial charge in [0.1, 0.15) is 5.75 Å². The normalized spacial score (nSPS) is 13.6. The van der Waals surface area contributed by atoms with Crippen molar-refractivity contribution in [2.45, 2.75) is 19.3 Å². The number of hydrogen-bond donors (Lipinski definition) is 0. The molecular formula is C18H18O. The van der Waals surface area contributed by atoms with E-state index in [9.17, 15) is 0 Å². The SMILES string of the molecule is COc1cccc2c1CCC=C2Cc1ccccc1. The Morgan fingerprint density at radius 2 is 1.84 bits per heavy atom. The van der Waals surface area contributed by atoms with E-state index < -0.39 is 0 Å². The summed E-state index contributed by atoms with van der Waals surface area (Å²) in [5.41, 5.74) is 5.50. The molecule has 19 heavy (non-hydrogen) atoms. The summed E-state index contributed by atoms with van der Waals surface area (Å²) in [4.78, 5) is 0. The topological polar surface area (TPSA) is 9.23 Å². The second-order valence-electron chi connectivity index (χ2n) is 4.92. The molecule has 0 bridgehead atoms. The molecule has 0 spiro atoms. The molecule has 1 aliphatic rings. The summed E-state index contributed by atoms with van der Waals surface area (Å²) in [6.07, 6.45) is 5.56. The average molecular weight is 250 g/mol. The second kappa shape index (κ2) is 5.31. The highest BCUT2D eigenvalue weighted by Gasteiger charge is 2.16. The molecule has 0 heterocycles. The van der Waals surface area contributed by atoms with Gasteiger partial charge in [0.05, 0.1) is 7.11 Å². The number of rotatable bonds is 3. The first-order valence-electron chi connectivity index (χ1n) is 6.77. The van der Waals surface area contributed by atoms with Crippen LogP contribution in [0.5, 0.6) is 5.75 Å². The van der Waals surface area contributed by atoms with E-state index in [4.69, 9.17) is 4.74 Å². The van der Waals surface area contributed by atoms with E-state index >= 15 is 0 Å². The highest BCUT2D eigenvalue weighted by atomic mass is 16.5. The lowest BCUT2D eigenvalue weighted by molar-refractivity contribution is 0.409. The van der Waals surface area contributed by atoms with Crippen LogP contribution in [-0.4, -0.2) is 7.11 Å². The first kappa shape index (κ1) is 12.0. The van der Waals surface area contributed by atoms with E-state index in [1.807, 2.05) is 0 Å². The third-order valence-corrected chi connectivity index (χ3v) is 3.72. The van der Waals surface area contributed by atoms with Gasteiger partial charge in [-0.15, -0.1) is 0 Å². The van der Waals surface area contributed by atoms with Crippen LogP contribution in [-0.2, 0) is 12.8 Å². The van der Waals surface area contributed by atoms with Crippen molar-refractivity contribution in [3.05, 3.63) is 71.3 Å². The summed E-state index contributed by atoms with van der Waals surface area (Å²) >= 11 is 0. The fourth-order valence-electron chi connectivity index (χ4n) is 2.80. The van der Waals surface area contributed by atoms with Crippen LogP contribution in [0.25, 0.3) is 5.57 Å². The number of allylic oxidation sites excluding steroid dienone is 2. The third kappa shape index (κ3) is 2.41. The summed E-state index contributed by atoms with van der Waals surface area (Å²) in [5.74, 6) is 1.02. The first-order chi connectivity index (χ1) is 9.38. The van der Waals surface area contributed by atoms with E-state index in [0.29, 0.717) is 0 Å². The summed E-state index contributed by atoms with van der Waals surface area (Å²) in [6, 6.07) is 17.0. The van der Waals surface area contributed by atoms with E-state index in [1.165, 1.54) is 22.3 Å². The van der Waals surface area contributed by atoms with Gasteiger partial charge in [-0.2, -0.15) is 0 Å². The average Bonchev–Trinajstić information content (AvgIpc) is 2.48. The van der Waals surface area contributed by atoms with Gasteiger partial charge in [-0.3, -0.25) is 0 Å². The van der Waals surface area contributed by atoms with Crippen LogP contribution in [0, 0.1) is 0 Å². The summed E-state index contributed by atoms with van der Waals surface area (Å²) < 4.78 is 5.48. The zero-order valence-electron chi connectivity index (χ0n) is 11.2. The largest absolute Gasteiger partial charge is 0.496 e. The van der Waals surface area contributed by atoms with Crippen molar-refractivity contribution < 1.29 is 4.74 Å². The van der Waals surface area contributed by atoms with Crippen molar-refractivity contribution in [3.63, 3.8) is 0 Å². The van der Waals surface area contributed by atoms with Crippen LogP contribution in [0.3, 0.4) is 0 Å². The minimum absolute atomic E-state index is 1.00. The quantitative estimate of drug-likeness (QED) is 0.790. The molecular weight excluding hydrogens is 232 g/mol. The minimum atomic E-state index is 1.00. The third-order valence-electron chi connectivity index (χ3n) is 3.72. The molecule has 0 atom stereocenters. The fraction of sp³-hybridized carbons (Fsp3) is 0.222. The van der Waals surface area contributed by atoms with Gasteiger partial charge < -0.3 is 4.74 Å². The van der Waals surface area contributed by atoms with Gasteiger partial charge in [-0.05, 0) is 42.0 Å². The Morgan fingerprint density at radius 1 is 1.00 bits per heavy atom. The molecule has 1 aliphatic carbocycles. The van der Waals surface area contributed by atoms with Crippen LogP contribution in [0.1, 0.15) is 23.1 Å². The zero-order chi connectivity index (χ0) is 13.1. The Bertz CT molecular complexity index is 596. The van der Waals surface area contributed by atoms with Crippen molar-refractivity contribution in [1.29, 1.82) is 0 Å². The Kier molecular flexibility index (Phi) is 3.37. The molecule has 0 fully saturated rings. The maximum atomic E-state index is 5.48. The van der Waals surface area contributed by atoms with Gasteiger partial charge in [-0.25, -0.2) is 0 Å². The van der Waals surface area contributed by atoms with Crippen LogP contribution in [0.4, 0.5) is 0 Å². The number of hydrogen-bond acceptors (Lipinski definition) is 1. The van der Waals surface area contributed by atoms with Crippen LogP contribution in [0.15, 0.2) is 54.6 Å². The lowest BCUT2D eigenvalue weighted by atomic mass is 9.87. The maximum Gasteiger partial charge on any atom is 0.122 e. The van der Waals surface area contributed by atoms with E-state index in [2.05, 4.69) is 54.6 Å². The molecule has 0 aromatic heterocycles. The molecule has 0 N–H and O–H groups in total.